The molecule has 1 N–H and O–H groups in total. The van der Waals surface area contributed by atoms with Crippen molar-refractivity contribution in [1.82, 2.24) is 9.80 Å². The number of ether oxygens (including phenoxy) is 1. The van der Waals surface area contributed by atoms with Gasteiger partial charge in [-0.3, -0.25) is 4.79 Å². The Morgan fingerprint density at radius 3 is 2.36 bits per heavy atom. The molecule has 2 heterocycles. The molecule has 2 amide bonds. The lowest BCUT2D eigenvalue weighted by Gasteiger charge is -2.39. The third-order valence-corrected chi connectivity index (χ3v) is 7.09. The summed E-state index contributed by atoms with van der Waals surface area (Å²) in [6.07, 6.45) is 4.25. The summed E-state index contributed by atoms with van der Waals surface area (Å²) in [7, 11) is -3.52. The number of piperidine rings is 1. The van der Waals surface area contributed by atoms with Crippen LogP contribution in [0.25, 0.3) is 0 Å². The maximum atomic E-state index is 14.6. The van der Waals surface area contributed by atoms with Gasteiger partial charge in [0.1, 0.15) is 17.5 Å². The van der Waals surface area contributed by atoms with Gasteiger partial charge in [0.05, 0.1) is 10.6 Å². The Bertz CT molecular complexity index is 984. The van der Waals surface area contributed by atoms with Gasteiger partial charge in [0, 0.05) is 31.9 Å². The van der Waals surface area contributed by atoms with Gasteiger partial charge < -0.3 is 19.9 Å². The normalized spacial score (nSPS) is 21.0. The van der Waals surface area contributed by atoms with E-state index in [0.29, 0.717) is 38.9 Å². The van der Waals surface area contributed by atoms with E-state index in [1.54, 1.807) is 4.90 Å². The van der Waals surface area contributed by atoms with Crippen LogP contribution in [-0.2, 0) is 19.4 Å². The van der Waals surface area contributed by atoms with E-state index >= 15 is 0 Å². The molecule has 184 valence electrons. The lowest BCUT2D eigenvalue weighted by Crippen LogP contribution is -2.52. The molecule has 0 bridgehead atoms. The molecule has 0 spiro atoms. The lowest BCUT2D eigenvalue weighted by molar-refractivity contribution is -0.134. The molecule has 33 heavy (non-hydrogen) atoms. The molecule has 0 aliphatic carbocycles. The second kappa shape index (κ2) is 9.87. The number of likely N-dealkylation sites (tertiary alicyclic amines) is 2. The first-order valence-electron chi connectivity index (χ1n) is 11.4. The van der Waals surface area contributed by atoms with Gasteiger partial charge in [-0.25, -0.2) is 17.6 Å². The molecular formula is C23H34FN3O5S. The number of amides is 2. The molecule has 2 saturated heterocycles. The van der Waals surface area contributed by atoms with E-state index in [9.17, 15) is 22.4 Å². The van der Waals surface area contributed by atoms with Crippen molar-refractivity contribution in [3.8, 4) is 0 Å². The predicted molar refractivity (Wildman–Crippen MR) is 123 cm³/mol. The van der Waals surface area contributed by atoms with Gasteiger partial charge in [-0.2, -0.15) is 0 Å². The van der Waals surface area contributed by atoms with Gasteiger partial charge in [-0.1, -0.05) is 0 Å². The fraction of sp³-hybridized carbons (Fsp3) is 0.652. The van der Waals surface area contributed by atoms with E-state index in [-0.39, 0.29) is 28.6 Å². The average molecular weight is 484 g/mol. The number of nitrogens with zero attached hydrogens (tertiary/aromatic N) is 2. The van der Waals surface area contributed by atoms with E-state index in [1.807, 2.05) is 25.7 Å². The minimum atomic E-state index is -3.52. The van der Waals surface area contributed by atoms with Gasteiger partial charge in [0.15, 0.2) is 9.84 Å². The number of hydrogen-bond acceptors (Lipinski definition) is 6. The van der Waals surface area contributed by atoms with E-state index < -0.39 is 27.3 Å². The molecule has 1 aromatic rings. The van der Waals surface area contributed by atoms with Crippen LogP contribution in [-0.4, -0.2) is 73.8 Å². The molecule has 1 atom stereocenters. The zero-order valence-electron chi connectivity index (χ0n) is 19.8. The summed E-state index contributed by atoms with van der Waals surface area (Å²) in [6.45, 7) is 7.16. The number of anilines is 1. The minimum Gasteiger partial charge on any atom is -0.444 e. The summed E-state index contributed by atoms with van der Waals surface area (Å²) in [5.74, 6) is -0.790. The molecule has 1 aromatic carbocycles. The Balaban J connectivity index is 1.65. The van der Waals surface area contributed by atoms with Crippen molar-refractivity contribution < 1.29 is 27.1 Å². The lowest BCUT2D eigenvalue weighted by atomic mass is 10.0. The molecular weight excluding hydrogens is 449 g/mol. The second-order valence-corrected chi connectivity index (χ2v) is 11.9. The van der Waals surface area contributed by atoms with Crippen LogP contribution < -0.4 is 5.32 Å². The van der Waals surface area contributed by atoms with Crippen molar-refractivity contribution in [1.29, 1.82) is 0 Å². The molecule has 3 rings (SSSR count). The summed E-state index contributed by atoms with van der Waals surface area (Å²) in [5.41, 5.74) is -0.440. The van der Waals surface area contributed by atoms with E-state index in [4.69, 9.17) is 4.74 Å². The summed E-state index contributed by atoms with van der Waals surface area (Å²) in [5, 5.41) is 2.99. The second-order valence-electron chi connectivity index (χ2n) is 9.84. The van der Waals surface area contributed by atoms with Crippen LogP contribution in [0.4, 0.5) is 14.9 Å². The van der Waals surface area contributed by atoms with Gasteiger partial charge in [-0.05, 0) is 71.1 Å². The number of sulfone groups is 1. The molecule has 0 radical (unpaired) electrons. The molecule has 0 saturated carbocycles. The summed E-state index contributed by atoms with van der Waals surface area (Å²) >= 11 is 0. The maximum Gasteiger partial charge on any atom is 0.410 e. The number of halogens is 1. The monoisotopic (exact) mass is 483 g/mol. The maximum absolute atomic E-state index is 14.6. The predicted octanol–water partition coefficient (Wildman–Crippen LogP) is 3.42. The Labute approximate surface area is 195 Å². The molecule has 2 fully saturated rings. The first-order chi connectivity index (χ1) is 15.3. The van der Waals surface area contributed by atoms with Crippen LogP contribution in [0.15, 0.2) is 23.1 Å². The first-order valence-corrected chi connectivity index (χ1v) is 13.3. The highest BCUT2D eigenvalue weighted by Crippen LogP contribution is 2.26. The molecule has 0 aromatic heterocycles. The molecule has 2 aliphatic heterocycles. The highest BCUT2D eigenvalue weighted by Gasteiger charge is 2.35. The van der Waals surface area contributed by atoms with Crippen LogP contribution in [0.3, 0.4) is 0 Å². The van der Waals surface area contributed by atoms with Crippen molar-refractivity contribution in [3.05, 3.63) is 24.0 Å². The van der Waals surface area contributed by atoms with Crippen molar-refractivity contribution in [2.24, 2.45) is 0 Å². The molecule has 1 unspecified atom stereocenters. The SMILES string of the molecule is CC(C)(C)OC(=O)N1CCC(N2CCCCC(Nc3ccc(S(C)(=O)=O)cc3F)C2=O)CC1. The van der Waals surface area contributed by atoms with Gasteiger partial charge in [0.25, 0.3) is 0 Å². The largest absolute Gasteiger partial charge is 0.444 e. The zero-order chi connectivity index (χ0) is 24.4. The highest BCUT2D eigenvalue weighted by molar-refractivity contribution is 7.90. The van der Waals surface area contributed by atoms with E-state index in [2.05, 4.69) is 5.32 Å². The summed E-state index contributed by atoms with van der Waals surface area (Å²) in [6, 6.07) is 3.11. The van der Waals surface area contributed by atoms with Crippen LogP contribution in [0.2, 0.25) is 0 Å². The van der Waals surface area contributed by atoms with Crippen LogP contribution >= 0.6 is 0 Å². The molecule has 10 heteroatoms. The van der Waals surface area contributed by atoms with Crippen molar-refractivity contribution in [2.45, 2.75) is 75.5 Å². The van der Waals surface area contributed by atoms with E-state index in [1.165, 1.54) is 12.1 Å². The number of hydrogen-bond donors (Lipinski definition) is 1. The Morgan fingerprint density at radius 1 is 1.12 bits per heavy atom. The van der Waals surface area contributed by atoms with Crippen LogP contribution in [0.1, 0.15) is 52.9 Å². The topological polar surface area (TPSA) is 96.0 Å². The number of carbonyl (C=O) groups is 2. The quantitative estimate of drug-likeness (QED) is 0.705. The molecule has 2 aliphatic rings. The number of carbonyl (C=O) groups excluding carboxylic acids is 2. The van der Waals surface area contributed by atoms with Gasteiger partial charge in [0.2, 0.25) is 5.91 Å². The van der Waals surface area contributed by atoms with Crippen LogP contribution in [0.5, 0.6) is 0 Å². The molecule has 8 nitrogen and oxygen atoms in total. The average Bonchev–Trinajstić information content (AvgIpc) is 2.89. The summed E-state index contributed by atoms with van der Waals surface area (Å²) in [4.78, 5) is 29.1. The third kappa shape index (κ3) is 6.59. The number of benzene rings is 1. The van der Waals surface area contributed by atoms with Crippen LogP contribution in [0, 0.1) is 5.82 Å². The first kappa shape index (κ1) is 25.3. The van der Waals surface area contributed by atoms with Crippen molar-refractivity contribution in [3.63, 3.8) is 0 Å². The fourth-order valence-electron chi connectivity index (χ4n) is 4.28. The minimum absolute atomic E-state index is 0.0102. The smallest absolute Gasteiger partial charge is 0.410 e. The number of rotatable bonds is 4. The summed E-state index contributed by atoms with van der Waals surface area (Å²) < 4.78 is 43.3. The fourth-order valence-corrected chi connectivity index (χ4v) is 4.91. The standard InChI is InChI=1S/C23H34FN3O5S/c1-23(2,3)32-22(29)26-13-10-16(11-14-26)27-12-6-5-7-20(21(27)28)25-19-9-8-17(15-18(19)24)33(4,30)31/h8-9,15-16,20,25H,5-7,10-14H2,1-4H3. The Hall–Kier alpha value is -2.36. The number of nitrogens with one attached hydrogen (secondary N) is 1. The van der Waals surface area contributed by atoms with E-state index in [0.717, 1.165) is 25.2 Å². The zero-order valence-corrected chi connectivity index (χ0v) is 20.6. The Kier molecular flexibility index (Phi) is 7.55. The van der Waals surface area contributed by atoms with Gasteiger partial charge in [-0.15, -0.1) is 0 Å². The van der Waals surface area contributed by atoms with Crippen molar-refractivity contribution in [2.75, 3.05) is 31.2 Å². The Morgan fingerprint density at radius 2 is 1.79 bits per heavy atom. The third-order valence-electron chi connectivity index (χ3n) is 5.98. The highest BCUT2D eigenvalue weighted by atomic mass is 32.2. The van der Waals surface area contributed by atoms with Gasteiger partial charge >= 0.3 is 6.09 Å². The van der Waals surface area contributed by atoms with Crippen molar-refractivity contribution >= 4 is 27.5 Å².